The van der Waals surface area contributed by atoms with Crippen LogP contribution in [0.4, 0.5) is 0 Å². The van der Waals surface area contributed by atoms with E-state index in [2.05, 4.69) is 4.98 Å². The van der Waals surface area contributed by atoms with Crippen molar-refractivity contribution in [3.8, 4) is 0 Å². The summed E-state index contributed by atoms with van der Waals surface area (Å²) in [5.41, 5.74) is 0. The van der Waals surface area contributed by atoms with Crippen LogP contribution >= 0.6 is 22.9 Å². The number of ether oxygens (including phenoxy) is 1. The zero-order valence-corrected chi connectivity index (χ0v) is 12.7. The van der Waals surface area contributed by atoms with Crippen molar-refractivity contribution in [2.75, 3.05) is 13.2 Å². The number of aromatic nitrogens is 1. The van der Waals surface area contributed by atoms with Crippen LogP contribution in [-0.2, 0) is 14.8 Å². The maximum absolute atomic E-state index is 12.6. The van der Waals surface area contributed by atoms with Gasteiger partial charge in [-0.1, -0.05) is 35.8 Å². The Labute approximate surface area is 121 Å². The monoisotopic (exact) mass is 322 g/mol. The highest BCUT2D eigenvalue weighted by molar-refractivity contribution is 7.91. The number of morpholine rings is 1. The van der Waals surface area contributed by atoms with Crippen LogP contribution in [0, 0.1) is 0 Å². The van der Waals surface area contributed by atoms with Crippen LogP contribution in [0.2, 0.25) is 4.47 Å². The highest BCUT2D eigenvalue weighted by Crippen LogP contribution is 2.34. The summed E-state index contributed by atoms with van der Waals surface area (Å²) in [4.78, 5) is 3.83. The van der Waals surface area contributed by atoms with E-state index in [0.29, 0.717) is 13.2 Å². The molecule has 106 valence electrons. The molecule has 2 heterocycles. The molecule has 0 radical (unpaired) electrons. The summed E-state index contributed by atoms with van der Waals surface area (Å²) >= 11 is 6.75. The van der Waals surface area contributed by atoms with Gasteiger partial charge in [-0.25, -0.2) is 13.4 Å². The van der Waals surface area contributed by atoms with E-state index in [4.69, 9.17) is 16.3 Å². The smallest absolute Gasteiger partial charge is 0.254 e. The van der Waals surface area contributed by atoms with Crippen LogP contribution in [0.3, 0.4) is 0 Å². The number of fused-ring (bicyclic) bond motifs is 1. The standard InChI is InChI=1S/C11H15ClN2O3S2/c12-11-13-7-10(18-11)19(15,16)14-5-6-17-9-4-2-1-3-8(9)14/h7-9H,1-6H2. The van der Waals surface area contributed by atoms with Crippen molar-refractivity contribution in [3.05, 3.63) is 10.7 Å². The zero-order chi connectivity index (χ0) is 13.5. The molecule has 8 heteroatoms. The first-order valence-corrected chi connectivity index (χ1v) is 8.97. The van der Waals surface area contributed by atoms with E-state index in [9.17, 15) is 8.42 Å². The van der Waals surface area contributed by atoms with E-state index < -0.39 is 10.0 Å². The van der Waals surface area contributed by atoms with Gasteiger partial charge in [0.25, 0.3) is 10.0 Å². The Bertz CT molecular complexity index is 558. The predicted octanol–water partition coefficient (Wildman–Crippen LogP) is 2.13. The first-order valence-electron chi connectivity index (χ1n) is 6.34. The fraction of sp³-hybridized carbons (Fsp3) is 0.727. The van der Waals surface area contributed by atoms with E-state index >= 15 is 0 Å². The summed E-state index contributed by atoms with van der Waals surface area (Å²) in [7, 11) is -3.49. The number of sulfonamides is 1. The van der Waals surface area contributed by atoms with Crippen molar-refractivity contribution in [1.29, 1.82) is 0 Å². The molecule has 19 heavy (non-hydrogen) atoms. The fourth-order valence-electron chi connectivity index (χ4n) is 2.83. The Morgan fingerprint density at radius 3 is 2.95 bits per heavy atom. The second kappa shape index (κ2) is 5.29. The SMILES string of the molecule is O=S(=O)(c1cnc(Cl)s1)N1CCOC2CCCCC21. The molecular formula is C11H15ClN2O3S2. The maximum atomic E-state index is 12.6. The number of thiazole rings is 1. The molecule has 0 amide bonds. The Kier molecular flexibility index (Phi) is 3.83. The van der Waals surface area contributed by atoms with Crippen LogP contribution in [0.25, 0.3) is 0 Å². The van der Waals surface area contributed by atoms with E-state index in [1.54, 1.807) is 4.31 Å². The largest absolute Gasteiger partial charge is 0.375 e. The normalized spacial score (nSPS) is 29.1. The summed E-state index contributed by atoms with van der Waals surface area (Å²) in [6.07, 6.45) is 5.37. The van der Waals surface area contributed by atoms with Crippen LogP contribution in [0.5, 0.6) is 0 Å². The van der Waals surface area contributed by atoms with Crippen LogP contribution in [0.1, 0.15) is 25.7 Å². The lowest BCUT2D eigenvalue weighted by molar-refractivity contribution is -0.0585. The van der Waals surface area contributed by atoms with Crippen LogP contribution in [0.15, 0.2) is 10.4 Å². The van der Waals surface area contributed by atoms with Gasteiger partial charge in [0.1, 0.15) is 0 Å². The molecule has 0 bridgehead atoms. The van der Waals surface area contributed by atoms with Crippen molar-refractivity contribution in [1.82, 2.24) is 9.29 Å². The number of nitrogens with zero attached hydrogens (tertiary/aromatic N) is 2. The van der Waals surface area contributed by atoms with Crippen LogP contribution < -0.4 is 0 Å². The fourth-order valence-corrected chi connectivity index (χ4v) is 5.92. The molecule has 0 N–H and O–H groups in total. The van der Waals surface area contributed by atoms with Gasteiger partial charge in [0, 0.05) is 6.54 Å². The number of hydrogen-bond donors (Lipinski definition) is 0. The Morgan fingerprint density at radius 2 is 2.21 bits per heavy atom. The van der Waals surface area contributed by atoms with Crippen molar-refractivity contribution in [3.63, 3.8) is 0 Å². The highest BCUT2D eigenvalue weighted by atomic mass is 35.5. The molecule has 1 aliphatic heterocycles. The zero-order valence-electron chi connectivity index (χ0n) is 10.3. The number of hydrogen-bond acceptors (Lipinski definition) is 5. The molecule has 2 atom stereocenters. The Morgan fingerprint density at radius 1 is 1.42 bits per heavy atom. The van der Waals surface area contributed by atoms with E-state index in [1.165, 1.54) is 6.20 Å². The van der Waals surface area contributed by atoms with E-state index in [-0.39, 0.29) is 20.8 Å². The van der Waals surface area contributed by atoms with Gasteiger partial charge >= 0.3 is 0 Å². The topological polar surface area (TPSA) is 59.5 Å². The third-order valence-corrected chi connectivity index (χ3v) is 7.18. The van der Waals surface area contributed by atoms with E-state index in [0.717, 1.165) is 37.0 Å². The lowest BCUT2D eigenvalue weighted by Gasteiger charge is -2.42. The van der Waals surface area contributed by atoms with Crippen molar-refractivity contribution >= 4 is 33.0 Å². The molecule has 0 aromatic carbocycles. The predicted molar refractivity (Wildman–Crippen MR) is 73.0 cm³/mol. The molecule has 2 unspecified atom stereocenters. The molecule has 1 aromatic heterocycles. The summed E-state index contributed by atoms with van der Waals surface area (Å²) in [6, 6.07) is -0.0339. The van der Waals surface area contributed by atoms with Gasteiger partial charge in [0.05, 0.1) is 24.9 Å². The Balaban J connectivity index is 1.91. The molecule has 2 aliphatic rings. The minimum Gasteiger partial charge on any atom is -0.375 e. The number of halogens is 1. The molecule has 2 fully saturated rings. The van der Waals surface area contributed by atoms with Gasteiger partial charge in [-0.2, -0.15) is 4.31 Å². The van der Waals surface area contributed by atoms with Gasteiger partial charge in [-0.15, -0.1) is 0 Å². The maximum Gasteiger partial charge on any atom is 0.254 e. The number of rotatable bonds is 2. The summed E-state index contributed by atoms with van der Waals surface area (Å²) in [5, 5.41) is 0. The van der Waals surface area contributed by atoms with E-state index in [1.807, 2.05) is 0 Å². The summed E-state index contributed by atoms with van der Waals surface area (Å²) in [5.74, 6) is 0. The quantitative estimate of drug-likeness (QED) is 0.837. The van der Waals surface area contributed by atoms with Gasteiger partial charge in [0.2, 0.25) is 0 Å². The average molecular weight is 323 g/mol. The minimum atomic E-state index is -3.49. The first kappa shape index (κ1) is 13.8. The average Bonchev–Trinajstić information content (AvgIpc) is 2.85. The molecule has 1 aromatic rings. The molecule has 3 rings (SSSR count). The molecule has 5 nitrogen and oxygen atoms in total. The van der Waals surface area contributed by atoms with Crippen molar-refractivity contribution in [2.24, 2.45) is 0 Å². The molecule has 0 spiro atoms. The van der Waals surface area contributed by atoms with Crippen molar-refractivity contribution in [2.45, 2.75) is 42.0 Å². The first-order chi connectivity index (χ1) is 9.09. The lowest BCUT2D eigenvalue weighted by Crippen LogP contribution is -2.54. The highest BCUT2D eigenvalue weighted by Gasteiger charge is 2.41. The summed E-state index contributed by atoms with van der Waals surface area (Å²) < 4.78 is 33.0. The van der Waals surface area contributed by atoms with Gasteiger partial charge < -0.3 is 4.74 Å². The van der Waals surface area contributed by atoms with Gasteiger partial charge in [0.15, 0.2) is 8.68 Å². The van der Waals surface area contributed by atoms with Crippen LogP contribution in [-0.4, -0.2) is 43.0 Å². The second-order valence-corrected chi connectivity index (χ2v) is 8.54. The molecule has 1 saturated heterocycles. The third-order valence-electron chi connectivity index (χ3n) is 3.70. The minimum absolute atomic E-state index is 0.0339. The molecular weight excluding hydrogens is 308 g/mol. The van der Waals surface area contributed by atoms with Crippen molar-refractivity contribution < 1.29 is 13.2 Å². The lowest BCUT2D eigenvalue weighted by atomic mass is 9.91. The van der Waals surface area contributed by atoms with Gasteiger partial charge in [-0.3, -0.25) is 0 Å². The molecule has 1 saturated carbocycles. The van der Waals surface area contributed by atoms with Gasteiger partial charge in [-0.05, 0) is 12.8 Å². The summed E-state index contributed by atoms with van der Waals surface area (Å²) in [6.45, 7) is 0.881. The Hall–Kier alpha value is -0.210. The second-order valence-electron chi connectivity index (χ2n) is 4.81. The molecule has 1 aliphatic carbocycles. The third kappa shape index (κ3) is 2.54.